The highest BCUT2D eigenvalue weighted by molar-refractivity contribution is 5.68. The molecule has 0 radical (unpaired) electrons. The van der Waals surface area contributed by atoms with Crippen molar-refractivity contribution in [3.63, 3.8) is 0 Å². The molecule has 22 heavy (non-hydrogen) atoms. The molecule has 1 fully saturated rings. The number of hydrogen-bond acceptors (Lipinski definition) is 3. The molecule has 1 heterocycles. The van der Waals surface area contributed by atoms with E-state index in [2.05, 4.69) is 0 Å². The molecule has 1 aliphatic rings. The van der Waals surface area contributed by atoms with Gasteiger partial charge in [0.05, 0.1) is 5.69 Å². The number of carbonyl (C=O) groups is 1. The van der Waals surface area contributed by atoms with E-state index in [4.69, 9.17) is 10.5 Å². The van der Waals surface area contributed by atoms with Crippen LogP contribution in [-0.2, 0) is 4.74 Å². The van der Waals surface area contributed by atoms with Gasteiger partial charge in [0.15, 0.2) is 0 Å². The minimum absolute atomic E-state index is 0.218. The Hall–Kier alpha value is -1.78. The molecule has 1 saturated heterocycles. The van der Waals surface area contributed by atoms with E-state index in [9.17, 15) is 9.18 Å². The number of anilines is 1. The monoisotopic (exact) mass is 308 g/mol. The number of nitrogens with two attached hydrogens (primary N) is 1. The van der Waals surface area contributed by atoms with E-state index in [1.165, 1.54) is 6.07 Å². The third kappa shape index (κ3) is 3.90. The SMILES string of the molecule is Cc1cc(C2CCN(C(=O)OC(C)(C)C)CC2)cc(F)c1N. The van der Waals surface area contributed by atoms with Crippen LogP contribution in [0.4, 0.5) is 14.9 Å². The van der Waals surface area contributed by atoms with Crippen LogP contribution in [0.5, 0.6) is 0 Å². The van der Waals surface area contributed by atoms with Crippen molar-refractivity contribution in [1.82, 2.24) is 4.90 Å². The standard InChI is InChI=1S/C17H25FN2O2/c1-11-9-13(10-14(18)15(11)19)12-5-7-20(8-6-12)16(21)22-17(2,3)4/h9-10,12H,5-8,19H2,1-4H3. The van der Waals surface area contributed by atoms with Crippen molar-refractivity contribution < 1.29 is 13.9 Å². The topological polar surface area (TPSA) is 55.6 Å². The van der Waals surface area contributed by atoms with Gasteiger partial charge in [-0.05, 0) is 63.6 Å². The molecule has 0 aliphatic carbocycles. The van der Waals surface area contributed by atoms with Gasteiger partial charge in [-0.15, -0.1) is 0 Å². The fourth-order valence-corrected chi connectivity index (χ4v) is 2.74. The lowest BCUT2D eigenvalue weighted by atomic mass is 9.88. The van der Waals surface area contributed by atoms with Crippen LogP contribution >= 0.6 is 0 Å². The van der Waals surface area contributed by atoms with Crippen LogP contribution in [0.1, 0.15) is 50.7 Å². The largest absolute Gasteiger partial charge is 0.444 e. The highest BCUT2D eigenvalue weighted by atomic mass is 19.1. The summed E-state index contributed by atoms with van der Waals surface area (Å²) in [5, 5.41) is 0. The maximum Gasteiger partial charge on any atom is 0.410 e. The molecule has 0 saturated carbocycles. The molecule has 0 spiro atoms. The van der Waals surface area contributed by atoms with Gasteiger partial charge in [-0.1, -0.05) is 6.07 Å². The summed E-state index contributed by atoms with van der Waals surface area (Å²) < 4.78 is 19.2. The molecule has 5 heteroatoms. The number of piperidine rings is 1. The summed E-state index contributed by atoms with van der Waals surface area (Å²) in [4.78, 5) is 13.8. The summed E-state index contributed by atoms with van der Waals surface area (Å²) >= 11 is 0. The second-order valence-electron chi connectivity index (χ2n) is 6.97. The Kier molecular flexibility index (Phi) is 4.63. The van der Waals surface area contributed by atoms with E-state index in [0.717, 1.165) is 24.0 Å². The van der Waals surface area contributed by atoms with Crippen LogP contribution < -0.4 is 5.73 Å². The fourth-order valence-electron chi connectivity index (χ4n) is 2.74. The second kappa shape index (κ2) is 6.15. The normalized spacial score (nSPS) is 16.7. The van der Waals surface area contributed by atoms with Crippen LogP contribution in [0.3, 0.4) is 0 Å². The number of ether oxygens (including phenoxy) is 1. The highest BCUT2D eigenvalue weighted by Crippen LogP contribution is 2.31. The Labute approximate surface area is 131 Å². The first-order chi connectivity index (χ1) is 10.2. The van der Waals surface area contributed by atoms with Gasteiger partial charge < -0.3 is 15.4 Å². The molecule has 0 atom stereocenters. The van der Waals surface area contributed by atoms with Gasteiger partial charge in [-0.25, -0.2) is 9.18 Å². The number of hydrogen-bond donors (Lipinski definition) is 1. The number of halogens is 1. The Balaban J connectivity index is 1.99. The minimum Gasteiger partial charge on any atom is -0.444 e. The van der Waals surface area contributed by atoms with E-state index in [0.29, 0.717) is 13.1 Å². The van der Waals surface area contributed by atoms with Gasteiger partial charge >= 0.3 is 6.09 Å². The number of likely N-dealkylation sites (tertiary alicyclic amines) is 1. The fraction of sp³-hybridized carbons (Fsp3) is 0.588. The van der Waals surface area contributed by atoms with Gasteiger partial charge in [-0.3, -0.25) is 0 Å². The Bertz CT molecular complexity index is 535. The first-order valence-electron chi connectivity index (χ1n) is 7.71. The van der Waals surface area contributed by atoms with Crippen molar-refractivity contribution in [2.75, 3.05) is 18.8 Å². The molecule has 0 aromatic heterocycles. The maximum atomic E-state index is 13.8. The van der Waals surface area contributed by atoms with Gasteiger partial charge in [0.1, 0.15) is 11.4 Å². The lowest BCUT2D eigenvalue weighted by Gasteiger charge is -2.33. The average Bonchev–Trinajstić information content (AvgIpc) is 2.42. The van der Waals surface area contributed by atoms with Crippen LogP contribution in [0.25, 0.3) is 0 Å². The molecule has 122 valence electrons. The molecular formula is C17H25FN2O2. The third-order valence-electron chi connectivity index (χ3n) is 3.98. The summed E-state index contributed by atoms with van der Waals surface area (Å²) in [5.74, 6) is -0.0999. The minimum atomic E-state index is -0.481. The number of nitrogen functional groups attached to an aromatic ring is 1. The second-order valence-corrected chi connectivity index (χ2v) is 6.97. The molecule has 4 nitrogen and oxygen atoms in total. The number of benzene rings is 1. The molecule has 1 amide bonds. The van der Waals surface area contributed by atoms with Gasteiger partial charge in [0.2, 0.25) is 0 Å². The summed E-state index contributed by atoms with van der Waals surface area (Å²) in [7, 11) is 0. The maximum absolute atomic E-state index is 13.8. The predicted octanol–water partition coefficient (Wildman–Crippen LogP) is 3.83. The van der Waals surface area contributed by atoms with Crippen molar-refractivity contribution in [3.8, 4) is 0 Å². The number of carbonyl (C=O) groups excluding carboxylic acids is 1. The van der Waals surface area contributed by atoms with Crippen molar-refractivity contribution in [2.24, 2.45) is 0 Å². The van der Waals surface area contributed by atoms with Crippen molar-refractivity contribution >= 4 is 11.8 Å². The molecule has 0 bridgehead atoms. The van der Waals surface area contributed by atoms with E-state index in [1.54, 1.807) is 4.90 Å². The van der Waals surface area contributed by atoms with Crippen molar-refractivity contribution in [3.05, 3.63) is 29.1 Å². The number of amides is 1. The Morgan fingerprint density at radius 1 is 1.32 bits per heavy atom. The van der Waals surface area contributed by atoms with E-state index in [-0.39, 0.29) is 23.5 Å². The first-order valence-corrected chi connectivity index (χ1v) is 7.71. The zero-order valence-electron chi connectivity index (χ0n) is 13.8. The molecule has 0 unspecified atom stereocenters. The number of nitrogens with zero attached hydrogens (tertiary/aromatic N) is 1. The predicted molar refractivity (Wildman–Crippen MR) is 85.3 cm³/mol. The number of aryl methyl sites for hydroxylation is 1. The van der Waals surface area contributed by atoms with Crippen molar-refractivity contribution in [2.45, 2.75) is 52.1 Å². The molecule has 2 N–H and O–H groups in total. The first kappa shape index (κ1) is 16.6. The Morgan fingerprint density at radius 3 is 2.41 bits per heavy atom. The summed E-state index contributed by atoms with van der Waals surface area (Å²) in [6.07, 6.45) is 1.34. The average molecular weight is 308 g/mol. The van der Waals surface area contributed by atoms with Gasteiger partial charge in [-0.2, -0.15) is 0 Å². The zero-order chi connectivity index (χ0) is 16.5. The highest BCUT2D eigenvalue weighted by Gasteiger charge is 2.27. The van der Waals surface area contributed by atoms with E-state index < -0.39 is 5.60 Å². The van der Waals surface area contributed by atoms with Crippen LogP contribution in [0, 0.1) is 12.7 Å². The molecule has 2 rings (SSSR count). The summed E-state index contributed by atoms with van der Waals surface area (Å²) in [6, 6.07) is 3.47. The quantitative estimate of drug-likeness (QED) is 0.802. The van der Waals surface area contributed by atoms with Gasteiger partial charge in [0, 0.05) is 13.1 Å². The molecule has 1 aliphatic heterocycles. The van der Waals surface area contributed by atoms with Gasteiger partial charge in [0.25, 0.3) is 0 Å². The number of rotatable bonds is 1. The van der Waals surface area contributed by atoms with Crippen LogP contribution in [0.2, 0.25) is 0 Å². The van der Waals surface area contributed by atoms with E-state index >= 15 is 0 Å². The lowest BCUT2D eigenvalue weighted by molar-refractivity contribution is 0.0205. The zero-order valence-corrected chi connectivity index (χ0v) is 13.8. The lowest BCUT2D eigenvalue weighted by Crippen LogP contribution is -2.41. The molecule has 1 aromatic carbocycles. The summed E-state index contributed by atoms with van der Waals surface area (Å²) in [6.45, 7) is 8.65. The molecular weight excluding hydrogens is 283 g/mol. The summed E-state index contributed by atoms with van der Waals surface area (Å²) in [5.41, 5.74) is 7.13. The van der Waals surface area contributed by atoms with Crippen LogP contribution in [0.15, 0.2) is 12.1 Å². The third-order valence-corrected chi connectivity index (χ3v) is 3.98. The van der Waals surface area contributed by atoms with Crippen LogP contribution in [-0.4, -0.2) is 29.7 Å². The van der Waals surface area contributed by atoms with E-state index in [1.807, 2.05) is 33.8 Å². The smallest absolute Gasteiger partial charge is 0.410 e. The molecule has 1 aromatic rings. The Morgan fingerprint density at radius 2 is 1.91 bits per heavy atom. The van der Waals surface area contributed by atoms with Crippen molar-refractivity contribution in [1.29, 1.82) is 0 Å².